The van der Waals surface area contributed by atoms with Crippen LogP contribution in [0.25, 0.3) is 10.9 Å². The quantitative estimate of drug-likeness (QED) is 0.704. The van der Waals surface area contributed by atoms with Crippen LogP contribution in [0.4, 0.5) is 5.69 Å². The van der Waals surface area contributed by atoms with Gasteiger partial charge in [0.15, 0.2) is 0 Å². The average Bonchev–Trinajstić information content (AvgIpc) is 2.83. The van der Waals surface area contributed by atoms with E-state index in [1.807, 2.05) is 37.3 Å². The first-order valence-corrected chi connectivity index (χ1v) is 8.31. The maximum atomic E-state index is 12.4. The summed E-state index contributed by atoms with van der Waals surface area (Å²) in [6.45, 7) is 8.56. The molecule has 3 heteroatoms. The molecule has 3 rings (SSSR count). The van der Waals surface area contributed by atoms with E-state index in [2.05, 4.69) is 49.3 Å². The van der Waals surface area contributed by atoms with Gasteiger partial charge in [-0.15, -0.1) is 0 Å². The minimum Gasteiger partial charge on any atom is -0.358 e. The van der Waals surface area contributed by atoms with Crippen LogP contribution in [0, 0.1) is 6.92 Å². The Balaban J connectivity index is 1.74. The number of carbonyl (C=O) groups excluding carboxylic acids is 1. The van der Waals surface area contributed by atoms with Crippen LogP contribution >= 0.6 is 0 Å². The summed E-state index contributed by atoms with van der Waals surface area (Å²) in [5.41, 5.74) is 5.40. The van der Waals surface area contributed by atoms with Crippen molar-refractivity contribution < 1.29 is 4.79 Å². The number of aromatic amines is 1. The fourth-order valence-corrected chi connectivity index (χ4v) is 2.98. The number of hydrogen-bond acceptors (Lipinski definition) is 1. The van der Waals surface area contributed by atoms with Crippen LogP contribution < -0.4 is 5.32 Å². The molecule has 1 heterocycles. The Kier molecular flexibility index (Phi) is 4.18. The normalized spacial score (nSPS) is 11.7. The van der Waals surface area contributed by atoms with Gasteiger partial charge in [-0.25, -0.2) is 0 Å². The number of benzene rings is 2. The molecule has 24 heavy (non-hydrogen) atoms. The van der Waals surface area contributed by atoms with Gasteiger partial charge in [-0.3, -0.25) is 4.79 Å². The number of aryl methyl sites for hydroxylation is 1. The molecule has 2 aromatic carbocycles. The third-order valence-corrected chi connectivity index (χ3v) is 4.40. The number of nitrogens with one attached hydrogen (secondary N) is 2. The zero-order valence-corrected chi connectivity index (χ0v) is 14.7. The molecular formula is C21H24N2O. The van der Waals surface area contributed by atoms with Crippen LogP contribution in [0.2, 0.25) is 0 Å². The zero-order valence-electron chi connectivity index (χ0n) is 14.7. The lowest BCUT2D eigenvalue weighted by molar-refractivity contribution is -0.115. The van der Waals surface area contributed by atoms with E-state index in [-0.39, 0.29) is 11.3 Å². The van der Waals surface area contributed by atoms with Gasteiger partial charge in [0.05, 0.1) is 6.42 Å². The molecule has 2 N–H and O–H groups in total. The van der Waals surface area contributed by atoms with Gasteiger partial charge >= 0.3 is 0 Å². The highest BCUT2D eigenvalue weighted by molar-refractivity contribution is 5.96. The van der Waals surface area contributed by atoms with Gasteiger partial charge in [0.2, 0.25) is 5.91 Å². The minimum absolute atomic E-state index is 0.00589. The van der Waals surface area contributed by atoms with E-state index >= 15 is 0 Å². The Labute approximate surface area is 143 Å². The highest BCUT2D eigenvalue weighted by atomic mass is 16.1. The lowest BCUT2D eigenvalue weighted by atomic mass is 9.87. The predicted octanol–water partition coefficient (Wildman–Crippen LogP) is 4.96. The Hall–Kier alpha value is -2.55. The molecule has 0 aliphatic heterocycles. The topological polar surface area (TPSA) is 44.9 Å². The number of aromatic nitrogens is 1. The maximum absolute atomic E-state index is 12.4. The van der Waals surface area contributed by atoms with E-state index in [9.17, 15) is 4.79 Å². The monoisotopic (exact) mass is 320 g/mol. The average molecular weight is 320 g/mol. The highest BCUT2D eigenvalue weighted by Gasteiger charge is 2.14. The predicted molar refractivity (Wildman–Crippen MR) is 101 cm³/mol. The van der Waals surface area contributed by atoms with Crippen molar-refractivity contribution in [3.8, 4) is 0 Å². The van der Waals surface area contributed by atoms with Crippen molar-refractivity contribution in [1.82, 2.24) is 4.98 Å². The van der Waals surface area contributed by atoms with Gasteiger partial charge in [0.1, 0.15) is 0 Å². The van der Waals surface area contributed by atoms with Gasteiger partial charge in [-0.2, -0.15) is 0 Å². The second kappa shape index (κ2) is 6.16. The molecule has 1 aromatic heterocycles. The molecule has 0 fully saturated rings. The van der Waals surface area contributed by atoms with Crippen molar-refractivity contribution >= 4 is 22.5 Å². The summed E-state index contributed by atoms with van der Waals surface area (Å²) in [6.07, 6.45) is 0.372. The molecule has 3 aromatic rings. The van der Waals surface area contributed by atoms with Gasteiger partial charge in [-0.1, -0.05) is 51.1 Å². The van der Waals surface area contributed by atoms with Crippen LogP contribution in [0.15, 0.2) is 48.5 Å². The van der Waals surface area contributed by atoms with E-state index < -0.39 is 0 Å². The molecular weight excluding hydrogens is 296 g/mol. The van der Waals surface area contributed by atoms with E-state index in [1.165, 1.54) is 5.56 Å². The van der Waals surface area contributed by atoms with Gasteiger partial charge < -0.3 is 10.3 Å². The summed E-state index contributed by atoms with van der Waals surface area (Å²) in [4.78, 5) is 15.8. The van der Waals surface area contributed by atoms with E-state index in [1.54, 1.807) is 0 Å². The molecule has 0 aliphatic rings. The molecule has 0 bridgehead atoms. The first kappa shape index (κ1) is 16.3. The van der Waals surface area contributed by atoms with E-state index in [0.717, 1.165) is 27.8 Å². The standard InChI is InChI=1S/C21H24N2O/c1-14-18(17-7-5-6-8-19(17)22-14)13-20(24)23-16-11-9-15(10-12-16)21(2,3)4/h5-12,22H,13H2,1-4H3,(H,23,24). The number of H-pyrrole nitrogens is 1. The fraction of sp³-hybridized carbons (Fsp3) is 0.286. The molecule has 3 nitrogen and oxygen atoms in total. The molecule has 0 unspecified atom stereocenters. The lowest BCUT2D eigenvalue weighted by Gasteiger charge is -2.19. The van der Waals surface area contributed by atoms with Gasteiger partial charge in [-0.05, 0) is 41.7 Å². The summed E-state index contributed by atoms with van der Waals surface area (Å²) in [7, 11) is 0. The summed E-state index contributed by atoms with van der Waals surface area (Å²) in [5.74, 6) is 0.00589. The Bertz CT molecular complexity index is 867. The summed E-state index contributed by atoms with van der Waals surface area (Å²) >= 11 is 0. The van der Waals surface area contributed by atoms with Gasteiger partial charge in [0.25, 0.3) is 0 Å². The van der Waals surface area contributed by atoms with Crippen LogP contribution in [0.1, 0.15) is 37.6 Å². The van der Waals surface area contributed by atoms with Gasteiger partial charge in [0, 0.05) is 22.3 Å². The van der Waals surface area contributed by atoms with Crippen molar-refractivity contribution in [2.45, 2.75) is 39.5 Å². The number of hydrogen-bond donors (Lipinski definition) is 2. The number of anilines is 1. The van der Waals surface area contributed by atoms with E-state index in [0.29, 0.717) is 6.42 Å². The van der Waals surface area contributed by atoms with Crippen LogP contribution in [0.5, 0.6) is 0 Å². The fourth-order valence-electron chi connectivity index (χ4n) is 2.98. The molecule has 1 amide bonds. The summed E-state index contributed by atoms with van der Waals surface area (Å²) in [5, 5.41) is 4.12. The van der Waals surface area contributed by atoms with Crippen molar-refractivity contribution in [3.05, 3.63) is 65.4 Å². The zero-order chi connectivity index (χ0) is 17.3. The molecule has 0 saturated carbocycles. The maximum Gasteiger partial charge on any atom is 0.228 e. The molecule has 0 spiro atoms. The summed E-state index contributed by atoms with van der Waals surface area (Å²) in [6, 6.07) is 16.2. The Morgan fingerprint density at radius 3 is 2.38 bits per heavy atom. The summed E-state index contributed by atoms with van der Waals surface area (Å²) < 4.78 is 0. The molecule has 0 atom stereocenters. The molecule has 0 saturated heterocycles. The van der Waals surface area contributed by atoms with Crippen molar-refractivity contribution in [2.24, 2.45) is 0 Å². The highest BCUT2D eigenvalue weighted by Crippen LogP contribution is 2.25. The van der Waals surface area contributed by atoms with Crippen LogP contribution in [-0.4, -0.2) is 10.9 Å². The molecule has 0 aliphatic carbocycles. The minimum atomic E-state index is 0.00589. The Morgan fingerprint density at radius 1 is 1.04 bits per heavy atom. The van der Waals surface area contributed by atoms with Crippen molar-refractivity contribution in [3.63, 3.8) is 0 Å². The molecule has 124 valence electrons. The smallest absolute Gasteiger partial charge is 0.228 e. The van der Waals surface area contributed by atoms with Crippen LogP contribution in [-0.2, 0) is 16.6 Å². The first-order valence-electron chi connectivity index (χ1n) is 8.31. The number of para-hydroxylation sites is 1. The molecule has 0 radical (unpaired) electrons. The number of amides is 1. The van der Waals surface area contributed by atoms with Crippen molar-refractivity contribution in [2.75, 3.05) is 5.32 Å². The number of carbonyl (C=O) groups is 1. The third-order valence-electron chi connectivity index (χ3n) is 4.40. The van der Waals surface area contributed by atoms with E-state index in [4.69, 9.17) is 0 Å². The number of fused-ring (bicyclic) bond motifs is 1. The van der Waals surface area contributed by atoms with Crippen LogP contribution in [0.3, 0.4) is 0 Å². The lowest BCUT2D eigenvalue weighted by Crippen LogP contribution is -2.15. The number of rotatable bonds is 3. The second-order valence-electron chi connectivity index (χ2n) is 7.33. The Morgan fingerprint density at radius 2 is 1.71 bits per heavy atom. The largest absolute Gasteiger partial charge is 0.358 e. The van der Waals surface area contributed by atoms with Crippen molar-refractivity contribution in [1.29, 1.82) is 0 Å². The SMILES string of the molecule is Cc1[nH]c2ccccc2c1CC(=O)Nc1ccc(C(C)(C)C)cc1. The third kappa shape index (κ3) is 3.35. The second-order valence-corrected chi connectivity index (χ2v) is 7.33. The first-order chi connectivity index (χ1) is 11.3.